The molecule has 2 saturated heterocycles. The van der Waals surface area contributed by atoms with Crippen LogP contribution in [-0.2, 0) is 11.3 Å². The van der Waals surface area contributed by atoms with Crippen LogP contribution in [0.5, 0.6) is 0 Å². The number of carbonyl (C=O) groups is 1. The molecule has 0 spiro atoms. The summed E-state index contributed by atoms with van der Waals surface area (Å²) >= 11 is 0. The standard InChI is InChI=1S/C18H25N3O/c22-18-17-6-2-5-11-21(17)16-8-7-14(12-15(16)19-18)13-20-9-3-1-4-10-20/h7-8,12,17H,1-6,9-11,13H2,(H,19,22). The summed E-state index contributed by atoms with van der Waals surface area (Å²) in [4.78, 5) is 17.2. The summed E-state index contributed by atoms with van der Waals surface area (Å²) in [5, 5.41) is 3.14. The van der Waals surface area contributed by atoms with Gasteiger partial charge in [0.15, 0.2) is 0 Å². The summed E-state index contributed by atoms with van der Waals surface area (Å²) in [7, 11) is 0. The number of fused-ring (bicyclic) bond motifs is 3. The Hall–Kier alpha value is -1.55. The summed E-state index contributed by atoms with van der Waals surface area (Å²) in [6.45, 7) is 4.43. The molecule has 0 aromatic heterocycles. The van der Waals surface area contributed by atoms with E-state index in [4.69, 9.17) is 0 Å². The summed E-state index contributed by atoms with van der Waals surface area (Å²) in [6, 6.07) is 6.70. The summed E-state index contributed by atoms with van der Waals surface area (Å²) < 4.78 is 0. The lowest BCUT2D eigenvalue weighted by molar-refractivity contribution is -0.118. The molecule has 0 radical (unpaired) electrons. The molecule has 1 unspecified atom stereocenters. The molecular formula is C18H25N3O. The minimum absolute atomic E-state index is 0.0502. The van der Waals surface area contributed by atoms with Crippen molar-refractivity contribution < 1.29 is 4.79 Å². The van der Waals surface area contributed by atoms with Crippen molar-refractivity contribution in [3.63, 3.8) is 0 Å². The van der Waals surface area contributed by atoms with Gasteiger partial charge >= 0.3 is 0 Å². The molecule has 3 heterocycles. The molecule has 2 fully saturated rings. The highest BCUT2D eigenvalue weighted by atomic mass is 16.2. The second kappa shape index (κ2) is 5.92. The molecule has 1 amide bonds. The molecule has 0 aliphatic carbocycles. The Balaban J connectivity index is 1.56. The van der Waals surface area contributed by atoms with E-state index in [2.05, 4.69) is 33.3 Å². The number of amides is 1. The molecule has 3 aliphatic rings. The molecule has 118 valence electrons. The van der Waals surface area contributed by atoms with Crippen molar-refractivity contribution in [1.82, 2.24) is 4.90 Å². The number of nitrogens with one attached hydrogen (secondary N) is 1. The van der Waals surface area contributed by atoms with Gasteiger partial charge in [-0.05, 0) is 62.9 Å². The highest BCUT2D eigenvalue weighted by molar-refractivity contribution is 6.03. The van der Waals surface area contributed by atoms with E-state index in [1.54, 1.807) is 0 Å². The first-order chi connectivity index (χ1) is 10.8. The maximum Gasteiger partial charge on any atom is 0.247 e. The first kappa shape index (κ1) is 14.1. The zero-order chi connectivity index (χ0) is 14.9. The molecule has 22 heavy (non-hydrogen) atoms. The lowest BCUT2D eigenvalue weighted by atomic mass is 9.96. The van der Waals surface area contributed by atoms with Crippen LogP contribution in [0.3, 0.4) is 0 Å². The van der Waals surface area contributed by atoms with E-state index in [0.717, 1.165) is 31.6 Å². The Morgan fingerprint density at radius 2 is 1.86 bits per heavy atom. The zero-order valence-corrected chi connectivity index (χ0v) is 13.2. The van der Waals surface area contributed by atoms with Gasteiger partial charge in [0, 0.05) is 13.1 Å². The van der Waals surface area contributed by atoms with Crippen LogP contribution in [0.2, 0.25) is 0 Å². The van der Waals surface area contributed by atoms with Gasteiger partial charge in [-0.25, -0.2) is 0 Å². The second-order valence-corrected chi connectivity index (χ2v) is 6.88. The third kappa shape index (κ3) is 2.60. The largest absolute Gasteiger partial charge is 0.358 e. The number of carbonyl (C=O) groups excluding carboxylic acids is 1. The molecule has 4 nitrogen and oxygen atoms in total. The molecule has 3 aliphatic heterocycles. The molecule has 1 N–H and O–H groups in total. The van der Waals surface area contributed by atoms with E-state index in [-0.39, 0.29) is 11.9 Å². The van der Waals surface area contributed by atoms with E-state index < -0.39 is 0 Å². The Morgan fingerprint density at radius 1 is 1.05 bits per heavy atom. The van der Waals surface area contributed by atoms with Crippen molar-refractivity contribution in [2.24, 2.45) is 0 Å². The van der Waals surface area contributed by atoms with Crippen molar-refractivity contribution in [3.05, 3.63) is 23.8 Å². The fraction of sp³-hybridized carbons (Fsp3) is 0.611. The lowest BCUT2D eigenvalue weighted by Gasteiger charge is -2.41. The minimum Gasteiger partial charge on any atom is -0.358 e. The Kier molecular flexibility index (Phi) is 3.78. The van der Waals surface area contributed by atoms with Gasteiger partial charge in [-0.1, -0.05) is 12.5 Å². The van der Waals surface area contributed by atoms with Gasteiger partial charge in [-0.3, -0.25) is 9.69 Å². The molecule has 4 heteroatoms. The van der Waals surface area contributed by atoms with E-state index >= 15 is 0 Å². The number of nitrogens with zero attached hydrogens (tertiary/aromatic N) is 2. The summed E-state index contributed by atoms with van der Waals surface area (Å²) in [6.07, 6.45) is 7.35. The summed E-state index contributed by atoms with van der Waals surface area (Å²) in [5.41, 5.74) is 3.54. The lowest BCUT2D eigenvalue weighted by Crippen LogP contribution is -2.50. The van der Waals surface area contributed by atoms with Crippen LogP contribution in [0.15, 0.2) is 18.2 Å². The van der Waals surface area contributed by atoms with E-state index in [1.807, 2.05) is 0 Å². The number of likely N-dealkylation sites (tertiary alicyclic amines) is 1. The van der Waals surface area contributed by atoms with Crippen LogP contribution in [0.25, 0.3) is 0 Å². The Bertz CT molecular complexity index is 565. The molecule has 1 atom stereocenters. The SMILES string of the molecule is O=C1Nc2cc(CN3CCCCC3)ccc2N2CCCCC12. The normalized spacial score (nSPS) is 25.4. The number of hydrogen-bond acceptors (Lipinski definition) is 3. The average molecular weight is 299 g/mol. The predicted octanol–water partition coefficient (Wildman–Crippen LogP) is 2.98. The predicted molar refractivity (Wildman–Crippen MR) is 89.2 cm³/mol. The quantitative estimate of drug-likeness (QED) is 0.912. The van der Waals surface area contributed by atoms with Gasteiger partial charge in [0.05, 0.1) is 11.4 Å². The van der Waals surface area contributed by atoms with E-state index in [0.29, 0.717) is 0 Å². The van der Waals surface area contributed by atoms with Gasteiger partial charge in [0.2, 0.25) is 5.91 Å². The number of hydrogen-bond donors (Lipinski definition) is 1. The van der Waals surface area contributed by atoms with E-state index in [9.17, 15) is 4.79 Å². The van der Waals surface area contributed by atoms with Crippen LogP contribution < -0.4 is 10.2 Å². The first-order valence-corrected chi connectivity index (χ1v) is 8.74. The van der Waals surface area contributed by atoms with Crippen LogP contribution >= 0.6 is 0 Å². The fourth-order valence-electron chi connectivity index (χ4n) is 4.12. The molecule has 1 aromatic rings. The Morgan fingerprint density at radius 3 is 2.73 bits per heavy atom. The smallest absolute Gasteiger partial charge is 0.247 e. The second-order valence-electron chi connectivity index (χ2n) is 6.88. The molecule has 0 saturated carbocycles. The van der Waals surface area contributed by atoms with Crippen molar-refractivity contribution in [3.8, 4) is 0 Å². The van der Waals surface area contributed by atoms with Crippen LogP contribution in [0, 0.1) is 0 Å². The van der Waals surface area contributed by atoms with Crippen molar-refractivity contribution in [1.29, 1.82) is 0 Å². The van der Waals surface area contributed by atoms with E-state index in [1.165, 1.54) is 50.0 Å². The zero-order valence-electron chi connectivity index (χ0n) is 13.2. The first-order valence-electron chi connectivity index (χ1n) is 8.74. The minimum atomic E-state index is 0.0502. The highest BCUT2D eigenvalue weighted by Gasteiger charge is 2.34. The third-order valence-corrected chi connectivity index (χ3v) is 5.29. The van der Waals surface area contributed by atoms with Crippen LogP contribution in [-0.4, -0.2) is 36.5 Å². The molecule has 1 aromatic carbocycles. The monoisotopic (exact) mass is 299 g/mol. The average Bonchev–Trinajstić information content (AvgIpc) is 2.56. The third-order valence-electron chi connectivity index (χ3n) is 5.29. The van der Waals surface area contributed by atoms with Gasteiger partial charge < -0.3 is 10.2 Å². The fourth-order valence-corrected chi connectivity index (χ4v) is 4.12. The molecular weight excluding hydrogens is 274 g/mol. The Labute approximate surface area is 132 Å². The topological polar surface area (TPSA) is 35.6 Å². The van der Waals surface area contributed by atoms with Crippen molar-refractivity contribution in [2.75, 3.05) is 29.9 Å². The van der Waals surface area contributed by atoms with Gasteiger partial charge in [0.1, 0.15) is 6.04 Å². The van der Waals surface area contributed by atoms with Crippen molar-refractivity contribution >= 4 is 17.3 Å². The number of piperidine rings is 2. The molecule has 0 bridgehead atoms. The van der Waals surface area contributed by atoms with Crippen molar-refractivity contribution in [2.45, 2.75) is 51.1 Å². The van der Waals surface area contributed by atoms with Crippen LogP contribution in [0.1, 0.15) is 44.1 Å². The molecule has 4 rings (SSSR count). The maximum absolute atomic E-state index is 12.3. The number of rotatable bonds is 2. The van der Waals surface area contributed by atoms with Crippen LogP contribution in [0.4, 0.5) is 11.4 Å². The highest BCUT2D eigenvalue weighted by Crippen LogP contribution is 2.36. The van der Waals surface area contributed by atoms with Gasteiger partial charge in [-0.2, -0.15) is 0 Å². The van der Waals surface area contributed by atoms with Gasteiger partial charge in [0.25, 0.3) is 0 Å². The number of anilines is 2. The van der Waals surface area contributed by atoms with Gasteiger partial charge in [-0.15, -0.1) is 0 Å². The summed E-state index contributed by atoms with van der Waals surface area (Å²) in [5.74, 6) is 0.183. The maximum atomic E-state index is 12.3. The number of benzene rings is 1.